The van der Waals surface area contributed by atoms with E-state index >= 15 is 0 Å². The van der Waals surface area contributed by atoms with Gasteiger partial charge in [-0.05, 0) is 38.1 Å². The molecule has 4 heterocycles. The number of para-hydroxylation sites is 1. The van der Waals surface area contributed by atoms with E-state index in [1.807, 2.05) is 6.08 Å². The maximum Gasteiger partial charge on any atom is 0.276 e. The Labute approximate surface area is 195 Å². The van der Waals surface area contributed by atoms with Gasteiger partial charge >= 0.3 is 0 Å². The van der Waals surface area contributed by atoms with Crippen LogP contribution in [0.15, 0.2) is 58.3 Å². The fourth-order valence-electron chi connectivity index (χ4n) is 5.00. The third-order valence-electron chi connectivity index (χ3n) is 6.68. The van der Waals surface area contributed by atoms with Crippen LogP contribution in [-0.4, -0.2) is 56.2 Å². The molecule has 10 heteroatoms. The predicted molar refractivity (Wildman–Crippen MR) is 129 cm³/mol. The fourth-order valence-corrected chi connectivity index (χ4v) is 5.00. The summed E-state index contributed by atoms with van der Waals surface area (Å²) < 4.78 is 3.38. The van der Waals surface area contributed by atoms with Gasteiger partial charge in [0, 0.05) is 37.8 Å². The Morgan fingerprint density at radius 2 is 1.91 bits per heavy atom. The minimum Gasteiger partial charge on any atom is -0.310 e. The number of nitro benzene ring substituents is 1. The fraction of sp³-hybridized carbons (Fsp3) is 0.375. The summed E-state index contributed by atoms with van der Waals surface area (Å²) in [7, 11) is 0. The first-order valence-corrected chi connectivity index (χ1v) is 11.5. The molecule has 0 bridgehead atoms. The number of benzene rings is 1. The number of aromatic nitrogens is 3. The van der Waals surface area contributed by atoms with Crippen molar-refractivity contribution < 1.29 is 4.92 Å². The van der Waals surface area contributed by atoms with E-state index in [0.29, 0.717) is 42.4 Å². The Bertz CT molecular complexity index is 1360. The molecular formula is C24H26N6O4. The van der Waals surface area contributed by atoms with Crippen LogP contribution in [0.2, 0.25) is 0 Å². The molecule has 2 aliphatic rings. The highest BCUT2D eigenvalue weighted by atomic mass is 16.6. The Hall–Kier alpha value is -3.63. The van der Waals surface area contributed by atoms with Crippen molar-refractivity contribution >= 4 is 22.9 Å². The van der Waals surface area contributed by atoms with Crippen LogP contribution in [0.3, 0.4) is 0 Å². The summed E-state index contributed by atoms with van der Waals surface area (Å²) in [5, 5.41) is 14.6. The van der Waals surface area contributed by atoms with Crippen LogP contribution in [0.25, 0.3) is 17.2 Å². The lowest BCUT2D eigenvalue weighted by atomic mass is 10.0. The van der Waals surface area contributed by atoms with E-state index in [1.54, 1.807) is 39.5 Å². The summed E-state index contributed by atoms with van der Waals surface area (Å²) in [6.07, 6.45) is 6.98. The van der Waals surface area contributed by atoms with Crippen molar-refractivity contribution in [3.8, 4) is 0 Å². The third-order valence-corrected chi connectivity index (χ3v) is 6.68. The molecule has 2 aliphatic heterocycles. The molecule has 1 fully saturated rings. The van der Waals surface area contributed by atoms with Gasteiger partial charge < -0.3 is 10.2 Å². The van der Waals surface area contributed by atoms with Gasteiger partial charge in [0.2, 0.25) is 0 Å². The number of pyridine rings is 1. The molecule has 10 nitrogen and oxygen atoms in total. The zero-order valence-electron chi connectivity index (χ0n) is 18.7. The van der Waals surface area contributed by atoms with Gasteiger partial charge in [-0.2, -0.15) is 0 Å². The van der Waals surface area contributed by atoms with Crippen molar-refractivity contribution in [2.24, 2.45) is 0 Å². The standard InChI is InChI=1S/C24H26N6O4/c31-22-8-7-20-24-28(22)16-19(29(24)23(32)14-26-20)15-27-12-9-18(10-13-27)25-11-3-5-17-4-1-2-6-21(17)30(33)34/h1-8,14,18-19,25H,9-13,15-16H2/b5-3+. The van der Waals surface area contributed by atoms with Crippen LogP contribution in [0.5, 0.6) is 0 Å². The van der Waals surface area contributed by atoms with E-state index < -0.39 is 0 Å². The number of nitrogens with zero attached hydrogens (tertiary/aromatic N) is 5. The van der Waals surface area contributed by atoms with Gasteiger partial charge in [-0.1, -0.05) is 24.3 Å². The highest BCUT2D eigenvalue weighted by Gasteiger charge is 2.29. The monoisotopic (exact) mass is 462 g/mol. The van der Waals surface area contributed by atoms with Crippen molar-refractivity contribution in [1.29, 1.82) is 0 Å². The zero-order valence-corrected chi connectivity index (χ0v) is 18.7. The molecule has 1 aromatic carbocycles. The second kappa shape index (κ2) is 9.32. The van der Waals surface area contributed by atoms with E-state index in [0.717, 1.165) is 25.9 Å². The van der Waals surface area contributed by atoms with Crippen molar-refractivity contribution in [2.75, 3.05) is 26.2 Å². The van der Waals surface area contributed by atoms with Crippen molar-refractivity contribution in [3.63, 3.8) is 0 Å². The minimum atomic E-state index is -0.368. The lowest BCUT2D eigenvalue weighted by molar-refractivity contribution is -0.385. The number of nitro groups is 1. The lowest BCUT2D eigenvalue weighted by Gasteiger charge is -2.34. The molecule has 1 unspecified atom stereocenters. The Morgan fingerprint density at radius 3 is 2.71 bits per heavy atom. The van der Waals surface area contributed by atoms with Gasteiger partial charge in [0.25, 0.3) is 16.8 Å². The average molecular weight is 463 g/mol. The van der Waals surface area contributed by atoms with Gasteiger partial charge in [-0.15, -0.1) is 0 Å². The predicted octanol–water partition coefficient (Wildman–Crippen LogP) is 1.79. The van der Waals surface area contributed by atoms with E-state index in [-0.39, 0.29) is 27.8 Å². The molecular weight excluding hydrogens is 436 g/mol. The molecule has 5 rings (SSSR count). The molecule has 34 heavy (non-hydrogen) atoms. The largest absolute Gasteiger partial charge is 0.310 e. The highest BCUT2D eigenvalue weighted by Crippen LogP contribution is 2.24. The summed E-state index contributed by atoms with van der Waals surface area (Å²) in [5.41, 5.74) is 1.71. The number of likely N-dealkylation sites (tertiary alicyclic amines) is 1. The molecule has 2 aromatic heterocycles. The molecule has 176 valence electrons. The molecule has 3 aromatic rings. The smallest absolute Gasteiger partial charge is 0.276 e. The topological polar surface area (TPSA) is 115 Å². The number of hydrogen-bond acceptors (Lipinski definition) is 7. The van der Waals surface area contributed by atoms with E-state index in [4.69, 9.17) is 0 Å². The number of nitrogens with one attached hydrogen (secondary N) is 1. The summed E-state index contributed by atoms with van der Waals surface area (Å²) in [5.74, 6) is 0. The number of rotatable bonds is 7. The van der Waals surface area contributed by atoms with Crippen LogP contribution < -0.4 is 16.4 Å². The Morgan fingerprint density at radius 1 is 1.12 bits per heavy atom. The van der Waals surface area contributed by atoms with Crippen molar-refractivity contribution in [2.45, 2.75) is 31.5 Å². The summed E-state index contributed by atoms with van der Waals surface area (Å²) >= 11 is 0. The molecule has 0 aliphatic carbocycles. The van der Waals surface area contributed by atoms with Gasteiger partial charge in [0.15, 0.2) is 0 Å². The van der Waals surface area contributed by atoms with Crippen LogP contribution >= 0.6 is 0 Å². The van der Waals surface area contributed by atoms with Gasteiger partial charge in [0.1, 0.15) is 11.2 Å². The summed E-state index contributed by atoms with van der Waals surface area (Å²) in [6.45, 7) is 3.64. The first-order chi connectivity index (χ1) is 16.5. The van der Waals surface area contributed by atoms with Crippen LogP contribution in [0.4, 0.5) is 5.69 Å². The molecule has 1 saturated heterocycles. The number of hydrogen-bond donors (Lipinski definition) is 1. The Balaban J connectivity index is 1.15. The lowest BCUT2D eigenvalue weighted by Crippen LogP contribution is -2.44. The summed E-state index contributed by atoms with van der Waals surface area (Å²) in [6, 6.07) is 10.2. The van der Waals surface area contributed by atoms with Crippen LogP contribution in [0, 0.1) is 10.1 Å². The van der Waals surface area contributed by atoms with Gasteiger partial charge in [-0.3, -0.25) is 28.8 Å². The highest BCUT2D eigenvalue weighted by molar-refractivity contribution is 5.71. The summed E-state index contributed by atoms with van der Waals surface area (Å²) in [4.78, 5) is 42.1. The van der Waals surface area contributed by atoms with E-state index in [1.165, 1.54) is 18.3 Å². The SMILES string of the molecule is O=c1ccc2ncc(=O)n3c2n1CC3CN1CCC(NC/C=C/c2ccccc2[N+](=O)[O-])CC1. The van der Waals surface area contributed by atoms with Gasteiger partial charge in [-0.25, -0.2) is 4.98 Å². The average Bonchev–Trinajstić information content (AvgIpc) is 3.23. The van der Waals surface area contributed by atoms with Crippen LogP contribution in [-0.2, 0) is 6.54 Å². The molecule has 0 amide bonds. The maximum atomic E-state index is 12.5. The molecule has 0 saturated carbocycles. The van der Waals surface area contributed by atoms with E-state index in [2.05, 4.69) is 15.2 Å². The first kappa shape index (κ1) is 22.2. The van der Waals surface area contributed by atoms with Crippen molar-refractivity contribution in [3.05, 3.63) is 85.1 Å². The third kappa shape index (κ3) is 4.29. The minimum absolute atomic E-state index is 0.0813. The second-order valence-corrected chi connectivity index (χ2v) is 8.81. The molecule has 1 atom stereocenters. The Kier molecular flexibility index (Phi) is 6.08. The van der Waals surface area contributed by atoms with E-state index in [9.17, 15) is 19.7 Å². The number of piperidine rings is 1. The molecule has 1 N–H and O–H groups in total. The second-order valence-electron chi connectivity index (χ2n) is 8.81. The quantitative estimate of drug-likeness (QED) is 0.420. The van der Waals surface area contributed by atoms with Crippen LogP contribution in [0.1, 0.15) is 24.4 Å². The van der Waals surface area contributed by atoms with Gasteiger partial charge in [0.05, 0.1) is 22.7 Å². The molecule has 0 radical (unpaired) electrons. The first-order valence-electron chi connectivity index (χ1n) is 11.5. The molecule has 0 spiro atoms. The normalized spacial score (nSPS) is 18.8. The van der Waals surface area contributed by atoms with Crippen molar-refractivity contribution in [1.82, 2.24) is 24.3 Å². The maximum absolute atomic E-state index is 12.5. The zero-order chi connectivity index (χ0) is 23.7.